The van der Waals surface area contributed by atoms with E-state index in [2.05, 4.69) is 15.5 Å². The summed E-state index contributed by atoms with van der Waals surface area (Å²) in [5.74, 6) is -0.266. The molecule has 1 aliphatic rings. The molecule has 3 N–H and O–H groups in total. The molecule has 1 fully saturated rings. The molecule has 1 saturated heterocycles. The monoisotopic (exact) mass is 319 g/mol. The van der Waals surface area contributed by atoms with Gasteiger partial charge in [0.1, 0.15) is 6.04 Å². The molecular formula is C17H25N3O3. The number of nitrogens with zero attached hydrogens (tertiary/aromatic N) is 1. The topological polar surface area (TPSA) is 81.7 Å². The normalized spacial score (nSPS) is 16.0. The van der Waals surface area contributed by atoms with Gasteiger partial charge in [0.15, 0.2) is 0 Å². The molecule has 6 heteroatoms. The van der Waals surface area contributed by atoms with E-state index in [1.165, 1.54) is 12.8 Å². The van der Waals surface area contributed by atoms with Crippen LogP contribution in [0.3, 0.4) is 0 Å². The lowest BCUT2D eigenvalue weighted by Gasteiger charge is -2.18. The van der Waals surface area contributed by atoms with Gasteiger partial charge in [0, 0.05) is 13.0 Å². The number of hydrogen-bond acceptors (Lipinski definition) is 3. The van der Waals surface area contributed by atoms with Crippen molar-refractivity contribution in [2.75, 3.05) is 26.2 Å². The van der Waals surface area contributed by atoms with Gasteiger partial charge in [-0.15, -0.1) is 0 Å². The van der Waals surface area contributed by atoms with E-state index in [0.717, 1.165) is 31.6 Å². The molecule has 23 heavy (non-hydrogen) atoms. The van der Waals surface area contributed by atoms with Gasteiger partial charge in [-0.1, -0.05) is 30.3 Å². The number of carbonyl (C=O) groups excluding carboxylic acids is 1. The summed E-state index contributed by atoms with van der Waals surface area (Å²) in [6.45, 7) is 3.84. The Kier molecular flexibility index (Phi) is 6.87. The first-order valence-corrected chi connectivity index (χ1v) is 8.18. The SMILES string of the molecule is O=C(O)N[C@@H](Cc1ccccc1)C(=O)NCCCN1CCCC1. The molecule has 0 aromatic heterocycles. The molecule has 0 saturated carbocycles. The number of rotatable bonds is 8. The first-order chi connectivity index (χ1) is 11.1. The summed E-state index contributed by atoms with van der Waals surface area (Å²) < 4.78 is 0. The van der Waals surface area contributed by atoms with E-state index in [0.29, 0.717) is 13.0 Å². The van der Waals surface area contributed by atoms with E-state index in [9.17, 15) is 9.59 Å². The standard InChI is InChI=1S/C17H25N3O3/c21-16(18-9-6-12-20-10-4-5-11-20)15(19-17(22)23)13-14-7-2-1-3-8-14/h1-3,7-8,15,19H,4-6,9-13H2,(H,18,21)(H,22,23)/t15-/m0/s1. The minimum Gasteiger partial charge on any atom is -0.465 e. The van der Waals surface area contributed by atoms with Gasteiger partial charge in [-0.25, -0.2) is 4.79 Å². The molecule has 1 atom stereocenters. The highest BCUT2D eigenvalue weighted by molar-refractivity contribution is 5.85. The van der Waals surface area contributed by atoms with Crippen LogP contribution in [0, 0.1) is 0 Å². The van der Waals surface area contributed by atoms with Crippen molar-refractivity contribution in [1.82, 2.24) is 15.5 Å². The Labute approximate surface area is 136 Å². The van der Waals surface area contributed by atoms with Crippen molar-refractivity contribution in [3.63, 3.8) is 0 Å². The average molecular weight is 319 g/mol. The zero-order valence-electron chi connectivity index (χ0n) is 13.3. The van der Waals surface area contributed by atoms with Gasteiger partial charge < -0.3 is 20.6 Å². The minimum absolute atomic E-state index is 0.266. The van der Waals surface area contributed by atoms with Gasteiger partial charge in [-0.05, 0) is 44.5 Å². The quantitative estimate of drug-likeness (QED) is 0.634. The molecule has 0 spiro atoms. The van der Waals surface area contributed by atoms with Crippen LogP contribution in [0.1, 0.15) is 24.8 Å². The van der Waals surface area contributed by atoms with Gasteiger partial charge in [0.25, 0.3) is 0 Å². The number of nitrogens with one attached hydrogen (secondary N) is 2. The summed E-state index contributed by atoms with van der Waals surface area (Å²) in [6.07, 6.45) is 2.57. The highest BCUT2D eigenvalue weighted by Crippen LogP contribution is 2.07. The van der Waals surface area contributed by atoms with Crippen molar-refractivity contribution < 1.29 is 14.7 Å². The zero-order valence-corrected chi connectivity index (χ0v) is 13.3. The Morgan fingerprint density at radius 2 is 1.87 bits per heavy atom. The lowest BCUT2D eigenvalue weighted by Crippen LogP contribution is -2.48. The maximum atomic E-state index is 12.2. The number of benzene rings is 1. The Bertz CT molecular complexity index is 501. The molecule has 0 unspecified atom stereocenters. The smallest absolute Gasteiger partial charge is 0.405 e. The maximum absolute atomic E-state index is 12.2. The third kappa shape index (κ3) is 6.28. The number of carboxylic acid groups (broad SMARTS) is 1. The fourth-order valence-corrected chi connectivity index (χ4v) is 2.85. The largest absolute Gasteiger partial charge is 0.465 e. The molecule has 1 aromatic rings. The number of likely N-dealkylation sites (tertiary alicyclic amines) is 1. The molecule has 0 radical (unpaired) electrons. The molecular weight excluding hydrogens is 294 g/mol. The lowest BCUT2D eigenvalue weighted by molar-refractivity contribution is -0.123. The minimum atomic E-state index is -1.18. The molecule has 0 bridgehead atoms. The van der Waals surface area contributed by atoms with Crippen LogP contribution in [0.5, 0.6) is 0 Å². The second kappa shape index (κ2) is 9.15. The summed E-state index contributed by atoms with van der Waals surface area (Å²) in [6, 6.07) is 8.65. The van der Waals surface area contributed by atoms with Crippen LogP contribution in [0.2, 0.25) is 0 Å². The van der Waals surface area contributed by atoms with Crippen molar-refractivity contribution in [1.29, 1.82) is 0 Å². The summed E-state index contributed by atoms with van der Waals surface area (Å²) in [4.78, 5) is 25.5. The van der Waals surface area contributed by atoms with Gasteiger partial charge >= 0.3 is 6.09 Å². The molecule has 0 aliphatic carbocycles. The predicted octanol–water partition coefficient (Wildman–Crippen LogP) is 1.47. The Morgan fingerprint density at radius 1 is 1.17 bits per heavy atom. The Hall–Kier alpha value is -2.08. The third-order valence-electron chi connectivity index (χ3n) is 4.05. The van der Waals surface area contributed by atoms with Gasteiger partial charge in [-0.2, -0.15) is 0 Å². The van der Waals surface area contributed by atoms with Crippen molar-refractivity contribution >= 4 is 12.0 Å². The molecule has 1 aromatic carbocycles. The van der Waals surface area contributed by atoms with Crippen LogP contribution < -0.4 is 10.6 Å². The Morgan fingerprint density at radius 3 is 2.52 bits per heavy atom. The number of hydrogen-bond donors (Lipinski definition) is 3. The van der Waals surface area contributed by atoms with Crippen LogP contribution >= 0.6 is 0 Å². The van der Waals surface area contributed by atoms with E-state index < -0.39 is 12.1 Å². The second-order valence-corrected chi connectivity index (χ2v) is 5.89. The molecule has 2 rings (SSSR count). The van der Waals surface area contributed by atoms with E-state index in [1.54, 1.807) is 0 Å². The van der Waals surface area contributed by atoms with Gasteiger partial charge in [0.05, 0.1) is 0 Å². The molecule has 1 heterocycles. The van der Waals surface area contributed by atoms with Crippen molar-refractivity contribution in [2.45, 2.75) is 31.7 Å². The fraction of sp³-hybridized carbons (Fsp3) is 0.529. The van der Waals surface area contributed by atoms with E-state index in [1.807, 2.05) is 30.3 Å². The third-order valence-corrected chi connectivity index (χ3v) is 4.05. The van der Waals surface area contributed by atoms with Crippen molar-refractivity contribution in [3.8, 4) is 0 Å². The average Bonchev–Trinajstić information content (AvgIpc) is 3.04. The first-order valence-electron chi connectivity index (χ1n) is 8.18. The summed E-state index contributed by atoms with van der Waals surface area (Å²) in [5.41, 5.74) is 0.929. The van der Waals surface area contributed by atoms with Crippen molar-refractivity contribution in [2.24, 2.45) is 0 Å². The molecule has 126 valence electrons. The van der Waals surface area contributed by atoms with E-state index in [-0.39, 0.29) is 5.91 Å². The van der Waals surface area contributed by atoms with Crippen molar-refractivity contribution in [3.05, 3.63) is 35.9 Å². The summed E-state index contributed by atoms with van der Waals surface area (Å²) >= 11 is 0. The maximum Gasteiger partial charge on any atom is 0.405 e. The zero-order chi connectivity index (χ0) is 16.5. The fourth-order valence-electron chi connectivity index (χ4n) is 2.85. The van der Waals surface area contributed by atoms with Gasteiger partial charge in [-0.3, -0.25) is 4.79 Å². The lowest BCUT2D eigenvalue weighted by atomic mass is 10.1. The number of carbonyl (C=O) groups is 2. The van der Waals surface area contributed by atoms with Crippen LogP contribution in [-0.2, 0) is 11.2 Å². The highest BCUT2D eigenvalue weighted by atomic mass is 16.4. The number of amides is 2. The summed E-state index contributed by atoms with van der Waals surface area (Å²) in [5, 5.41) is 14.1. The highest BCUT2D eigenvalue weighted by Gasteiger charge is 2.20. The van der Waals surface area contributed by atoms with E-state index >= 15 is 0 Å². The molecule has 1 aliphatic heterocycles. The summed E-state index contributed by atoms with van der Waals surface area (Å²) in [7, 11) is 0. The first kappa shape index (κ1) is 17.3. The van der Waals surface area contributed by atoms with E-state index in [4.69, 9.17) is 5.11 Å². The molecule has 6 nitrogen and oxygen atoms in total. The van der Waals surface area contributed by atoms with Crippen LogP contribution in [0.4, 0.5) is 4.79 Å². The van der Waals surface area contributed by atoms with Crippen LogP contribution in [0.15, 0.2) is 30.3 Å². The van der Waals surface area contributed by atoms with Crippen LogP contribution in [0.25, 0.3) is 0 Å². The Balaban J connectivity index is 1.77. The molecule has 2 amide bonds. The predicted molar refractivity (Wildman–Crippen MR) is 88.4 cm³/mol. The van der Waals surface area contributed by atoms with Crippen LogP contribution in [-0.4, -0.2) is 54.2 Å². The van der Waals surface area contributed by atoms with Gasteiger partial charge in [0.2, 0.25) is 5.91 Å². The second-order valence-electron chi connectivity index (χ2n) is 5.89.